The number of rotatable bonds is 8. The van der Waals surface area contributed by atoms with Crippen molar-refractivity contribution in [2.75, 3.05) is 47.4 Å². The monoisotopic (exact) mass is 540 g/mol. The predicted octanol–water partition coefficient (Wildman–Crippen LogP) is 4.01. The lowest BCUT2D eigenvalue weighted by molar-refractivity contribution is 0.0325. The number of hydrogen-bond acceptors (Lipinski definition) is 6. The average Bonchev–Trinajstić information content (AvgIpc) is 2.95. The van der Waals surface area contributed by atoms with E-state index in [1.807, 2.05) is 32.0 Å². The van der Waals surface area contributed by atoms with Crippen molar-refractivity contribution < 1.29 is 14.6 Å². The highest BCUT2D eigenvalue weighted by molar-refractivity contribution is 5.97. The maximum absolute atomic E-state index is 13.6. The van der Waals surface area contributed by atoms with E-state index in [0.29, 0.717) is 36.6 Å². The fourth-order valence-electron chi connectivity index (χ4n) is 4.80. The Kier molecular flexibility index (Phi) is 9.94. The number of benzene rings is 2. The molecule has 0 unspecified atom stereocenters. The third-order valence-corrected chi connectivity index (χ3v) is 7.15. The Balaban J connectivity index is 1.53. The predicted molar refractivity (Wildman–Crippen MR) is 159 cm³/mol. The van der Waals surface area contributed by atoms with Crippen LogP contribution >= 0.6 is 0 Å². The molecule has 1 aliphatic rings. The summed E-state index contributed by atoms with van der Waals surface area (Å²) >= 11 is 0. The fraction of sp³-hybridized carbons (Fsp3) is 0.394. The van der Waals surface area contributed by atoms with Crippen molar-refractivity contribution in [3.63, 3.8) is 0 Å². The Hall–Kier alpha value is -3.70. The summed E-state index contributed by atoms with van der Waals surface area (Å²) in [4.78, 5) is 24.1. The molecule has 0 saturated carbocycles. The first-order chi connectivity index (χ1) is 19.2. The van der Waals surface area contributed by atoms with E-state index in [2.05, 4.69) is 84.2 Å². The SMILES string of the molecule is C[C@@H]1CN([C@H](C)CO)C(=O)c2cc(C#CCN(C)C)cnc2O[C@H]1CN(C)Cc1ccc(-c2ccccc2)cc1. The molecule has 210 valence electrons. The van der Waals surface area contributed by atoms with Gasteiger partial charge in [0.1, 0.15) is 11.7 Å². The molecule has 1 N–H and O–H groups in total. The highest BCUT2D eigenvalue weighted by atomic mass is 16.5. The molecular formula is C33H40N4O3. The molecule has 1 aromatic heterocycles. The van der Waals surface area contributed by atoms with Crippen molar-refractivity contribution in [2.24, 2.45) is 5.92 Å². The van der Waals surface area contributed by atoms with E-state index in [4.69, 9.17) is 4.74 Å². The zero-order chi connectivity index (χ0) is 28.6. The molecule has 0 saturated heterocycles. The molecule has 3 aromatic rings. The average molecular weight is 541 g/mol. The molecule has 3 atom stereocenters. The van der Waals surface area contributed by atoms with Gasteiger partial charge in [0.2, 0.25) is 5.88 Å². The Labute approximate surface area is 238 Å². The summed E-state index contributed by atoms with van der Waals surface area (Å²) in [6, 6.07) is 20.4. The topological polar surface area (TPSA) is 69.1 Å². The molecule has 40 heavy (non-hydrogen) atoms. The number of fused-ring (bicyclic) bond motifs is 1. The maximum atomic E-state index is 13.6. The first-order valence-corrected chi connectivity index (χ1v) is 13.8. The van der Waals surface area contributed by atoms with Crippen LogP contribution in [0.5, 0.6) is 5.88 Å². The number of aliphatic hydroxyl groups excluding tert-OH is 1. The molecular weight excluding hydrogens is 500 g/mol. The Morgan fingerprint density at radius 3 is 2.48 bits per heavy atom. The van der Waals surface area contributed by atoms with Crippen LogP contribution in [0, 0.1) is 17.8 Å². The van der Waals surface area contributed by atoms with Gasteiger partial charge < -0.3 is 14.7 Å². The number of aromatic nitrogens is 1. The van der Waals surface area contributed by atoms with Crippen LogP contribution in [0.1, 0.15) is 35.3 Å². The Morgan fingerprint density at radius 2 is 1.80 bits per heavy atom. The Morgan fingerprint density at radius 1 is 1.10 bits per heavy atom. The van der Waals surface area contributed by atoms with Crippen LogP contribution in [0.2, 0.25) is 0 Å². The molecule has 2 heterocycles. The summed E-state index contributed by atoms with van der Waals surface area (Å²) in [5.74, 6) is 6.34. The van der Waals surface area contributed by atoms with Crippen LogP contribution in [0.3, 0.4) is 0 Å². The Bertz CT molecular complexity index is 1330. The van der Waals surface area contributed by atoms with E-state index in [-0.39, 0.29) is 30.6 Å². The minimum atomic E-state index is -0.328. The van der Waals surface area contributed by atoms with Crippen LogP contribution < -0.4 is 4.74 Å². The first-order valence-electron chi connectivity index (χ1n) is 13.8. The van der Waals surface area contributed by atoms with E-state index in [9.17, 15) is 9.90 Å². The largest absolute Gasteiger partial charge is 0.472 e. The fourth-order valence-corrected chi connectivity index (χ4v) is 4.80. The molecule has 2 aromatic carbocycles. The van der Waals surface area contributed by atoms with Gasteiger partial charge in [-0.05, 0) is 50.8 Å². The van der Waals surface area contributed by atoms with Gasteiger partial charge in [0.25, 0.3) is 5.91 Å². The highest BCUT2D eigenvalue weighted by Crippen LogP contribution is 2.28. The summed E-state index contributed by atoms with van der Waals surface area (Å²) in [5, 5.41) is 9.92. The van der Waals surface area contributed by atoms with Gasteiger partial charge in [-0.1, -0.05) is 73.4 Å². The van der Waals surface area contributed by atoms with Gasteiger partial charge in [0.05, 0.1) is 19.2 Å². The van der Waals surface area contributed by atoms with Gasteiger partial charge in [0.15, 0.2) is 0 Å². The molecule has 0 spiro atoms. The number of nitrogens with zero attached hydrogens (tertiary/aromatic N) is 4. The molecule has 7 heteroatoms. The quantitative estimate of drug-likeness (QED) is 0.436. The van der Waals surface area contributed by atoms with Crippen LogP contribution in [-0.2, 0) is 6.54 Å². The van der Waals surface area contributed by atoms with Crippen molar-refractivity contribution in [3.8, 4) is 28.8 Å². The molecule has 0 radical (unpaired) electrons. The molecule has 0 bridgehead atoms. The maximum Gasteiger partial charge on any atom is 0.259 e. The zero-order valence-electron chi connectivity index (χ0n) is 24.2. The van der Waals surface area contributed by atoms with Crippen molar-refractivity contribution in [1.29, 1.82) is 0 Å². The summed E-state index contributed by atoms with van der Waals surface area (Å²) in [6.07, 6.45) is 1.46. The van der Waals surface area contributed by atoms with Crippen molar-refractivity contribution >= 4 is 5.91 Å². The molecule has 0 aliphatic carbocycles. The third-order valence-electron chi connectivity index (χ3n) is 7.15. The van der Waals surface area contributed by atoms with E-state index in [0.717, 1.165) is 6.54 Å². The van der Waals surface area contributed by atoms with E-state index in [1.165, 1.54) is 16.7 Å². The van der Waals surface area contributed by atoms with Crippen LogP contribution in [0.4, 0.5) is 0 Å². The minimum absolute atomic E-state index is 0.0235. The second-order valence-corrected chi connectivity index (χ2v) is 11.0. The summed E-state index contributed by atoms with van der Waals surface area (Å²) in [5.41, 5.74) is 4.66. The van der Waals surface area contributed by atoms with Crippen LogP contribution in [-0.4, -0.2) is 90.2 Å². The van der Waals surface area contributed by atoms with Gasteiger partial charge in [-0.3, -0.25) is 14.6 Å². The van der Waals surface area contributed by atoms with E-state index >= 15 is 0 Å². The second-order valence-electron chi connectivity index (χ2n) is 11.0. The molecule has 4 rings (SSSR count). The summed E-state index contributed by atoms with van der Waals surface area (Å²) in [6.45, 7) is 6.33. The summed E-state index contributed by atoms with van der Waals surface area (Å²) < 4.78 is 6.45. The van der Waals surface area contributed by atoms with Crippen LogP contribution in [0.15, 0.2) is 66.9 Å². The number of hydrogen-bond donors (Lipinski definition) is 1. The van der Waals surface area contributed by atoms with Gasteiger partial charge in [-0.2, -0.15) is 0 Å². The number of aliphatic hydroxyl groups is 1. The first kappa shape index (κ1) is 29.3. The highest BCUT2D eigenvalue weighted by Gasteiger charge is 2.34. The number of ether oxygens (including phenoxy) is 1. The van der Waals surface area contributed by atoms with Gasteiger partial charge in [0, 0.05) is 37.3 Å². The number of carbonyl (C=O) groups is 1. The molecule has 7 nitrogen and oxygen atoms in total. The molecule has 1 aliphatic heterocycles. The van der Waals surface area contributed by atoms with Crippen molar-refractivity contribution in [2.45, 2.75) is 32.5 Å². The summed E-state index contributed by atoms with van der Waals surface area (Å²) in [7, 11) is 5.99. The molecule has 1 amide bonds. The van der Waals surface area contributed by atoms with Crippen LogP contribution in [0.25, 0.3) is 11.1 Å². The third kappa shape index (κ3) is 7.48. The number of amides is 1. The lowest BCUT2D eigenvalue weighted by Gasteiger charge is -2.37. The second kappa shape index (κ2) is 13.6. The van der Waals surface area contributed by atoms with Gasteiger partial charge >= 0.3 is 0 Å². The minimum Gasteiger partial charge on any atom is -0.472 e. The number of carbonyl (C=O) groups excluding carboxylic acids is 1. The standard InChI is InChI=1S/C33H40N4O3/c1-24-20-37(25(2)23-38)33(39)30-18-27(10-9-17-35(3)4)19-34-32(30)40-31(24)22-36(5)21-26-13-15-29(16-14-26)28-11-7-6-8-12-28/h6-8,11-16,18-19,24-25,31,38H,17,20-23H2,1-5H3/t24-,25-,31+/m1/s1. The van der Waals surface area contributed by atoms with E-state index in [1.54, 1.807) is 17.2 Å². The van der Waals surface area contributed by atoms with Gasteiger partial charge in [-0.15, -0.1) is 0 Å². The normalized spacial score (nSPS) is 17.9. The number of likely N-dealkylation sites (N-methyl/N-ethyl adjacent to an activating group) is 1. The van der Waals surface area contributed by atoms with E-state index < -0.39 is 0 Å². The lowest BCUT2D eigenvalue weighted by atomic mass is 9.99. The lowest BCUT2D eigenvalue weighted by Crippen LogP contribution is -2.49. The smallest absolute Gasteiger partial charge is 0.259 e. The van der Waals surface area contributed by atoms with Gasteiger partial charge in [-0.25, -0.2) is 4.98 Å². The zero-order valence-corrected chi connectivity index (χ0v) is 24.2. The number of pyridine rings is 1. The molecule has 0 fully saturated rings. The van der Waals surface area contributed by atoms with Crippen molar-refractivity contribution in [1.82, 2.24) is 19.7 Å². The van der Waals surface area contributed by atoms with Crippen molar-refractivity contribution in [3.05, 3.63) is 83.6 Å².